The fraction of sp³-hybridized carbons (Fsp3) is 0.625. The van der Waals surface area contributed by atoms with Gasteiger partial charge < -0.3 is 0 Å². The van der Waals surface area contributed by atoms with E-state index in [4.69, 9.17) is 0 Å². The SMILES string of the molecule is Cc1cc(C(F)(F)C(F)(F)C(F)(F)C(F)(F)F)c(C)cc1C(F)(F)C(F)(F)C(C)(F)F. The second-order valence-corrected chi connectivity index (χ2v) is 6.74. The summed E-state index contributed by atoms with van der Waals surface area (Å²) in [5.41, 5.74) is -7.41. The molecule has 0 bridgehead atoms. The summed E-state index contributed by atoms with van der Waals surface area (Å²) in [7, 11) is 0. The molecule has 1 rings (SSSR count). The van der Waals surface area contributed by atoms with Crippen LogP contribution < -0.4 is 0 Å². The van der Waals surface area contributed by atoms with Crippen LogP contribution in [0.1, 0.15) is 29.2 Å². The molecule has 1 aromatic carbocycles. The summed E-state index contributed by atoms with van der Waals surface area (Å²) in [4.78, 5) is 0. The summed E-state index contributed by atoms with van der Waals surface area (Å²) < 4.78 is 199. The highest BCUT2D eigenvalue weighted by Crippen LogP contribution is 2.58. The van der Waals surface area contributed by atoms with E-state index in [-0.39, 0.29) is 19.9 Å². The van der Waals surface area contributed by atoms with Crippen LogP contribution in [0.15, 0.2) is 12.1 Å². The first kappa shape index (κ1) is 27.2. The molecule has 0 radical (unpaired) electrons. The van der Waals surface area contributed by atoms with E-state index in [9.17, 15) is 65.9 Å². The van der Waals surface area contributed by atoms with Crippen LogP contribution in [0.4, 0.5) is 65.9 Å². The van der Waals surface area contributed by atoms with Gasteiger partial charge in [-0.3, -0.25) is 0 Å². The van der Waals surface area contributed by atoms with Gasteiger partial charge in [-0.15, -0.1) is 0 Å². The third-order valence-electron chi connectivity index (χ3n) is 4.34. The first-order valence-electron chi connectivity index (χ1n) is 7.74. The maximum Gasteiger partial charge on any atom is 0.460 e. The predicted octanol–water partition coefficient (Wildman–Crippen LogP) is 7.61. The Morgan fingerprint density at radius 3 is 1.03 bits per heavy atom. The molecule has 1 aromatic rings. The number of hydrogen-bond donors (Lipinski definition) is 0. The molecule has 0 amide bonds. The molecule has 0 aliphatic carbocycles. The van der Waals surface area contributed by atoms with Gasteiger partial charge in [0.15, 0.2) is 0 Å². The minimum absolute atomic E-state index is 0.228. The number of halogens is 15. The Morgan fingerprint density at radius 2 is 0.774 bits per heavy atom. The second-order valence-electron chi connectivity index (χ2n) is 6.74. The van der Waals surface area contributed by atoms with Gasteiger partial charge in [-0.25, -0.2) is 0 Å². The lowest BCUT2D eigenvalue weighted by molar-refractivity contribution is -0.399. The predicted molar refractivity (Wildman–Crippen MR) is 75.2 cm³/mol. The average molecular weight is 488 g/mol. The van der Waals surface area contributed by atoms with Crippen molar-refractivity contribution < 1.29 is 65.9 Å². The number of aryl methyl sites for hydroxylation is 2. The van der Waals surface area contributed by atoms with E-state index in [0.29, 0.717) is 0 Å². The van der Waals surface area contributed by atoms with Gasteiger partial charge in [-0.05, 0) is 37.1 Å². The molecule has 0 spiro atoms. The van der Waals surface area contributed by atoms with Gasteiger partial charge in [-0.2, -0.15) is 65.9 Å². The topological polar surface area (TPSA) is 0 Å². The summed E-state index contributed by atoms with van der Waals surface area (Å²) in [6, 6.07) is -0.858. The quantitative estimate of drug-likeness (QED) is 0.362. The molecule has 15 heteroatoms. The van der Waals surface area contributed by atoms with Crippen molar-refractivity contribution in [1.82, 2.24) is 0 Å². The molecule has 0 heterocycles. The number of hydrogen-bond acceptors (Lipinski definition) is 0. The molecule has 0 atom stereocenters. The Labute approximate surface area is 164 Å². The maximum atomic E-state index is 14.1. The molecular weight excluding hydrogens is 477 g/mol. The van der Waals surface area contributed by atoms with Gasteiger partial charge in [-0.1, -0.05) is 0 Å². The van der Waals surface area contributed by atoms with Crippen LogP contribution in [-0.4, -0.2) is 29.9 Å². The van der Waals surface area contributed by atoms with E-state index < -0.39 is 77.0 Å². The van der Waals surface area contributed by atoms with Crippen molar-refractivity contribution >= 4 is 0 Å². The van der Waals surface area contributed by atoms with E-state index in [2.05, 4.69) is 0 Å². The largest absolute Gasteiger partial charge is 0.460 e. The molecule has 0 unspecified atom stereocenters. The molecule has 0 N–H and O–H groups in total. The van der Waals surface area contributed by atoms with Crippen molar-refractivity contribution in [3.05, 3.63) is 34.4 Å². The zero-order valence-electron chi connectivity index (χ0n) is 15.3. The Kier molecular flexibility index (Phi) is 6.22. The molecule has 0 aliphatic heterocycles. The van der Waals surface area contributed by atoms with Crippen LogP contribution in [0.2, 0.25) is 0 Å². The molecule has 0 nitrogen and oxygen atoms in total. The number of benzene rings is 1. The van der Waals surface area contributed by atoms with Crippen LogP contribution in [0.5, 0.6) is 0 Å². The smallest absolute Gasteiger partial charge is 0.200 e. The molecule has 31 heavy (non-hydrogen) atoms. The van der Waals surface area contributed by atoms with Crippen molar-refractivity contribution in [3.8, 4) is 0 Å². The van der Waals surface area contributed by atoms with Crippen molar-refractivity contribution in [3.63, 3.8) is 0 Å². The third-order valence-corrected chi connectivity index (χ3v) is 4.34. The fourth-order valence-corrected chi connectivity index (χ4v) is 2.48. The zero-order valence-corrected chi connectivity index (χ0v) is 15.3. The minimum Gasteiger partial charge on any atom is -0.200 e. The Balaban J connectivity index is 3.74. The van der Waals surface area contributed by atoms with Crippen molar-refractivity contribution in [1.29, 1.82) is 0 Å². The fourth-order valence-electron chi connectivity index (χ4n) is 2.48. The monoisotopic (exact) mass is 488 g/mol. The van der Waals surface area contributed by atoms with E-state index >= 15 is 0 Å². The molecule has 180 valence electrons. The maximum absolute atomic E-state index is 14.1. The highest BCUT2D eigenvalue weighted by atomic mass is 19.4. The van der Waals surface area contributed by atoms with Crippen molar-refractivity contribution in [2.75, 3.05) is 0 Å². The Hall–Kier alpha value is -1.83. The van der Waals surface area contributed by atoms with Gasteiger partial charge in [0, 0.05) is 18.1 Å². The van der Waals surface area contributed by atoms with E-state index in [1.807, 2.05) is 0 Å². The molecule has 0 aromatic heterocycles. The molecular formula is C16H11F15. The lowest BCUT2D eigenvalue weighted by Crippen LogP contribution is -2.59. The number of alkyl halides is 15. The summed E-state index contributed by atoms with van der Waals surface area (Å²) in [5.74, 6) is -38.0. The van der Waals surface area contributed by atoms with Crippen LogP contribution in [-0.2, 0) is 11.8 Å². The van der Waals surface area contributed by atoms with Crippen LogP contribution in [0.3, 0.4) is 0 Å². The van der Waals surface area contributed by atoms with Gasteiger partial charge in [0.2, 0.25) is 0 Å². The molecule has 0 fully saturated rings. The summed E-state index contributed by atoms with van der Waals surface area (Å²) >= 11 is 0. The average Bonchev–Trinajstić information content (AvgIpc) is 2.53. The van der Waals surface area contributed by atoms with Crippen molar-refractivity contribution in [2.45, 2.75) is 62.5 Å². The first-order valence-corrected chi connectivity index (χ1v) is 7.74. The van der Waals surface area contributed by atoms with E-state index in [1.165, 1.54) is 0 Å². The van der Waals surface area contributed by atoms with Crippen LogP contribution in [0.25, 0.3) is 0 Å². The second kappa shape index (κ2) is 7.09. The molecule has 0 saturated carbocycles. The zero-order chi connectivity index (χ0) is 25.2. The van der Waals surface area contributed by atoms with Gasteiger partial charge in [0.25, 0.3) is 0 Å². The Bertz CT molecular complexity index is 827. The Morgan fingerprint density at radius 1 is 0.484 bits per heavy atom. The van der Waals surface area contributed by atoms with E-state index in [0.717, 1.165) is 0 Å². The summed E-state index contributed by atoms with van der Waals surface area (Å²) in [5, 5.41) is 0. The minimum atomic E-state index is -7.29. The van der Waals surface area contributed by atoms with E-state index in [1.54, 1.807) is 0 Å². The van der Waals surface area contributed by atoms with Crippen LogP contribution >= 0.6 is 0 Å². The van der Waals surface area contributed by atoms with Crippen LogP contribution in [0, 0.1) is 13.8 Å². The standard InChI is InChI=1S/C16H11F15/c1-6-5-9(12(21,22)14(25,26)15(27,28)16(29,30)31)7(2)4-8(6)11(19,20)13(23,24)10(3,17)18/h4-5H,1-3H3. The molecule has 0 aliphatic rings. The number of rotatable bonds is 6. The van der Waals surface area contributed by atoms with Gasteiger partial charge >= 0.3 is 41.7 Å². The highest BCUT2D eigenvalue weighted by Gasteiger charge is 2.82. The van der Waals surface area contributed by atoms with Gasteiger partial charge in [0.05, 0.1) is 0 Å². The first-order chi connectivity index (χ1) is 13.3. The van der Waals surface area contributed by atoms with Crippen molar-refractivity contribution in [2.24, 2.45) is 0 Å². The lowest BCUT2D eigenvalue weighted by Gasteiger charge is -2.35. The lowest BCUT2D eigenvalue weighted by atomic mass is 9.87. The summed E-state index contributed by atoms with van der Waals surface area (Å²) in [6.45, 7) is -0.0795. The normalized spacial score (nSPS) is 15.4. The third kappa shape index (κ3) is 3.81. The highest BCUT2D eigenvalue weighted by molar-refractivity contribution is 5.43. The molecule has 0 saturated heterocycles. The summed E-state index contributed by atoms with van der Waals surface area (Å²) in [6.07, 6.45) is -7.15. The van der Waals surface area contributed by atoms with Gasteiger partial charge in [0.1, 0.15) is 0 Å².